The van der Waals surface area contributed by atoms with Crippen molar-refractivity contribution in [2.75, 3.05) is 7.11 Å². The zero-order chi connectivity index (χ0) is 15.3. The molecule has 2 N–H and O–H groups in total. The van der Waals surface area contributed by atoms with E-state index in [2.05, 4.69) is 5.32 Å². The smallest absolute Gasteiger partial charge is 0.303 e. The zero-order valence-corrected chi connectivity index (χ0v) is 12.9. The number of carboxylic acids is 1. The predicted molar refractivity (Wildman–Crippen MR) is 79.0 cm³/mol. The number of rotatable bonds is 6. The third-order valence-electron chi connectivity index (χ3n) is 5.08. The van der Waals surface area contributed by atoms with Gasteiger partial charge in [-0.15, -0.1) is 0 Å². The number of carbonyl (C=O) groups excluding carboxylic acids is 1. The highest BCUT2D eigenvalue weighted by atomic mass is 16.5. The molecule has 2 aliphatic rings. The second-order valence-corrected chi connectivity index (χ2v) is 6.69. The first-order chi connectivity index (χ1) is 10.0. The molecule has 0 spiro atoms. The summed E-state index contributed by atoms with van der Waals surface area (Å²) in [7, 11) is 1.68. The Bertz CT molecular complexity index is 376. The second-order valence-electron chi connectivity index (χ2n) is 6.69. The lowest BCUT2D eigenvalue weighted by Crippen LogP contribution is -2.43. The lowest BCUT2D eigenvalue weighted by Gasteiger charge is -2.36. The molecule has 0 aromatic carbocycles. The number of methoxy groups -OCH3 is 1. The molecule has 0 bridgehead atoms. The van der Waals surface area contributed by atoms with Gasteiger partial charge >= 0.3 is 5.97 Å². The van der Waals surface area contributed by atoms with Gasteiger partial charge in [-0.25, -0.2) is 0 Å². The van der Waals surface area contributed by atoms with Crippen LogP contribution in [0.3, 0.4) is 0 Å². The van der Waals surface area contributed by atoms with E-state index in [4.69, 9.17) is 9.84 Å². The molecular formula is C16H27NO4. The fourth-order valence-electron chi connectivity index (χ4n) is 4.01. The molecule has 2 atom stereocenters. The van der Waals surface area contributed by atoms with Gasteiger partial charge in [0.15, 0.2) is 0 Å². The van der Waals surface area contributed by atoms with Crippen molar-refractivity contribution in [3.8, 4) is 0 Å². The van der Waals surface area contributed by atoms with Crippen LogP contribution in [0.4, 0.5) is 0 Å². The molecule has 0 aliphatic heterocycles. The van der Waals surface area contributed by atoms with Crippen molar-refractivity contribution in [3.05, 3.63) is 0 Å². The highest BCUT2D eigenvalue weighted by Gasteiger charge is 2.37. The van der Waals surface area contributed by atoms with Crippen molar-refractivity contribution < 1.29 is 19.4 Å². The summed E-state index contributed by atoms with van der Waals surface area (Å²) in [5.41, 5.74) is -0.338. The summed E-state index contributed by atoms with van der Waals surface area (Å²) in [6.07, 6.45) is 8.49. The molecule has 0 saturated heterocycles. The molecule has 2 unspecified atom stereocenters. The summed E-state index contributed by atoms with van der Waals surface area (Å²) in [5.74, 6) is -0.799. The minimum Gasteiger partial charge on any atom is -0.481 e. The van der Waals surface area contributed by atoms with Crippen molar-refractivity contribution >= 4 is 11.9 Å². The maximum atomic E-state index is 12.4. The minimum absolute atomic E-state index is 0.00731. The number of ether oxygens (including phenoxy) is 1. The van der Waals surface area contributed by atoms with Crippen LogP contribution < -0.4 is 5.32 Å². The summed E-state index contributed by atoms with van der Waals surface area (Å²) in [5, 5.41) is 12.2. The van der Waals surface area contributed by atoms with Crippen LogP contribution in [0.2, 0.25) is 0 Å². The van der Waals surface area contributed by atoms with E-state index in [1.165, 1.54) is 0 Å². The second kappa shape index (κ2) is 7.25. The molecule has 2 fully saturated rings. The third-order valence-corrected chi connectivity index (χ3v) is 5.08. The summed E-state index contributed by atoms with van der Waals surface area (Å²) in [4.78, 5) is 23.5. The van der Waals surface area contributed by atoms with Crippen LogP contribution in [-0.4, -0.2) is 36.2 Å². The molecule has 2 rings (SSSR count). The van der Waals surface area contributed by atoms with Crippen LogP contribution in [0.25, 0.3) is 0 Å². The van der Waals surface area contributed by atoms with E-state index in [0.717, 1.165) is 51.4 Å². The minimum atomic E-state index is -0.791. The summed E-state index contributed by atoms with van der Waals surface area (Å²) >= 11 is 0. The van der Waals surface area contributed by atoms with Gasteiger partial charge in [0, 0.05) is 13.5 Å². The van der Waals surface area contributed by atoms with Crippen molar-refractivity contribution in [3.63, 3.8) is 0 Å². The molecule has 2 saturated carbocycles. The number of aliphatic carboxylic acids is 1. The van der Waals surface area contributed by atoms with Crippen LogP contribution in [-0.2, 0) is 14.3 Å². The number of hydrogen-bond acceptors (Lipinski definition) is 3. The van der Waals surface area contributed by atoms with E-state index >= 15 is 0 Å². The number of amides is 1. The van der Waals surface area contributed by atoms with Gasteiger partial charge in [-0.2, -0.15) is 0 Å². The Labute approximate surface area is 126 Å². The van der Waals surface area contributed by atoms with Crippen LogP contribution >= 0.6 is 0 Å². The summed E-state index contributed by atoms with van der Waals surface area (Å²) < 4.78 is 5.40. The first-order valence-electron chi connectivity index (χ1n) is 8.09. The van der Waals surface area contributed by atoms with Gasteiger partial charge in [0.2, 0.25) is 5.91 Å². The lowest BCUT2D eigenvalue weighted by atomic mass is 9.69. The van der Waals surface area contributed by atoms with Crippen LogP contribution in [0.15, 0.2) is 0 Å². The van der Waals surface area contributed by atoms with Gasteiger partial charge in [-0.1, -0.05) is 19.3 Å². The SMILES string of the molecule is COC1CCCC1NC(=O)CC1(CC(=O)O)CCCCC1. The Balaban J connectivity index is 1.93. The topological polar surface area (TPSA) is 75.6 Å². The number of carbonyl (C=O) groups is 2. The summed E-state index contributed by atoms with van der Waals surface area (Å²) in [6, 6.07) is 0.0907. The molecule has 0 radical (unpaired) electrons. The maximum Gasteiger partial charge on any atom is 0.303 e. The standard InChI is InChI=1S/C16H27NO4/c1-21-13-7-5-6-12(13)17-14(18)10-16(11-15(19)20)8-3-2-4-9-16/h12-13H,2-11H2,1H3,(H,17,18)(H,19,20). The predicted octanol–water partition coefficient (Wildman–Crippen LogP) is 2.49. The fraction of sp³-hybridized carbons (Fsp3) is 0.875. The first-order valence-corrected chi connectivity index (χ1v) is 8.09. The molecule has 5 heteroatoms. The Hall–Kier alpha value is -1.10. The molecule has 2 aliphatic carbocycles. The van der Waals surface area contributed by atoms with Gasteiger partial charge in [0.05, 0.1) is 18.6 Å². The Morgan fingerprint density at radius 1 is 1.14 bits per heavy atom. The van der Waals surface area contributed by atoms with E-state index in [1.54, 1.807) is 7.11 Å². The highest BCUT2D eigenvalue weighted by molar-refractivity contribution is 5.78. The molecule has 1 amide bonds. The van der Waals surface area contributed by atoms with Crippen LogP contribution in [0.5, 0.6) is 0 Å². The van der Waals surface area contributed by atoms with E-state index in [-0.39, 0.29) is 29.9 Å². The van der Waals surface area contributed by atoms with Gasteiger partial charge < -0.3 is 15.2 Å². The van der Waals surface area contributed by atoms with Gasteiger partial charge in [0.25, 0.3) is 0 Å². The van der Waals surface area contributed by atoms with E-state index in [1.807, 2.05) is 0 Å². The zero-order valence-electron chi connectivity index (χ0n) is 12.9. The van der Waals surface area contributed by atoms with Crippen molar-refractivity contribution in [2.24, 2.45) is 5.41 Å². The largest absolute Gasteiger partial charge is 0.481 e. The number of carboxylic acid groups (broad SMARTS) is 1. The average Bonchev–Trinajstić information content (AvgIpc) is 2.85. The molecule has 21 heavy (non-hydrogen) atoms. The highest BCUT2D eigenvalue weighted by Crippen LogP contribution is 2.42. The molecule has 0 aromatic heterocycles. The van der Waals surface area contributed by atoms with E-state index in [0.29, 0.717) is 6.42 Å². The Morgan fingerprint density at radius 3 is 2.48 bits per heavy atom. The molecule has 120 valence electrons. The van der Waals surface area contributed by atoms with Crippen LogP contribution in [0.1, 0.15) is 64.2 Å². The maximum absolute atomic E-state index is 12.4. The lowest BCUT2D eigenvalue weighted by molar-refractivity contribution is -0.141. The quantitative estimate of drug-likeness (QED) is 0.789. The van der Waals surface area contributed by atoms with Gasteiger partial charge in [-0.3, -0.25) is 9.59 Å². The Morgan fingerprint density at radius 2 is 1.86 bits per heavy atom. The Kier molecular flexibility index (Phi) is 5.62. The fourth-order valence-corrected chi connectivity index (χ4v) is 4.01. The number of hydrogen-bond donors (Lipinski definition) is 2. The molecule has 0 aromatic rings. The van der Waals surface area contributed by atoms with Crippen molar-refractivity contribution in [1.29, 1.82) is 0 Å². The number of nitrogens with one attached hydrogen (secondary N) is 1. The molecule has 0 heterocycles. The first kappa shape index (κ1) is 16.3. The van der Waals surface area contributed by atoms with Crippen molar-refractivity contribution in [1.82, 2.24) is 5.32 Å². The molecule has 5 nitrogen and oxygen atoms in total. The third kappa shape index (κ3) is 4.43. The van der Waals surface area contributed by atoms with E-state index in [9.17, 15) is 9.59 Å². The molecular weight excluding hydrogens is 270 g/mol. The normalized spacial score (nSPS) is 28.2. The van der Waals surface area contributed by atoms with Gasteiger partial charge in [-0.05, 0) is 37.5 Å². The van der Waals surface area contributed by atoms with Crippen molar-refractivity contribution in [2.45, 2.75) is 76.4 Å². The summed E-state index contributed by atoms with van der Waals surface area (Å²) in [6.45, 7) is 0. The van der Waals surface area contributed by atoms with Gasteiger partial charge in [0.1, 0.15) is 0 Å². The monoisotopic (exact) mass is 297 g/mol. The van der Waals surface area contributed by atoms with E-state index < -0.39 is 5.97 Å². The average molecular weight is 297 g/mol. The van der Waals surface area contributed by atoms with Crippen LogP contribution in [0, 0.1) is 5.41 Å².